The SMILES string of the molecule is Cc1ccc(-n2c(SCC(=O)Nc3cccc(C)c3)nnc2-c2ccc(C(C)(C)C)cc2)cc1. The average Bonchev–Trinajstić information content (AvgIpc) is 3.22. The number of thioether (sulfide) groups is 1. The molecule has 0 aliphatic carbocycles. The second-order valence-corrected chi connectivity index (χ2v) is 10.5. The first-order chi connectivity index (χ1) is 16.2. The smallest absolute Gasteiger partial charge is 0.234 e. The minimum atomic E-state index is -0.0786. The fraction of sp³-hybridized carbons (Fsp3) is 0.250. The van der Waals surface area contributed by atoms with Crippen LogP contribution in [0.2, 0.25) is 0 Å². The molecule has 0 saturated carbocycles. The van der Waals surface area contributed by atoms with Gasteiger partial charge in [0.1, 0.15) is 0 Å². The molecule has 0 aliphatic rings. The van der Waals surface area contributed by atoms with Gasteiger partial charge < -0.3 is 5.32 Å². The molecule has 0 fully saturated rings. The Morgan fingerprint density at radius 3 is 2.26 bits per heavy atom. The van der Waals surface area contributed by atoms with E-state index < -0.39 is 0 Å². The molecule has 34 heavy (non-hydrogen) atoms. The molecule has 0 radical (unpaired) electrons. The summed E-state index contributed by atoms with van der Waals surface area (Å²) in [6.45, 7) is 10.7. The Labute approximate surface area is 205 Å². The van der Waals surface area contributed by atoms with Gasteiger partial charge in [0, 0.05) is 16.9 Å². The molecule has 0 bridgehead atoms. The van der Waals surface area contributed by atoms with Crippen molar-refractivity contribution >= 4 is 23.4 Å². The van der Waals surface area contributed by atoms with Crippen LogP contribution in [0.15, 0.2) is 78.0 Å². The molecule has 1 amide bonds. The number of nitrogens with zero attached hydrogens (tertiary/aromatic N) is 3. The number of hydrogen-bond donors (Lipinski definition) is 1. The summed E-state index contributed by atoms with van der Waals surface area (Å²) in [6.07, 6.45) is 0. The quantitative estimate of drug-likeness (QED) is 0.323. The lowest BCUT2D eigenvalue weighted by Gasteiger charge is -2.19. The van der Waals surface area contributed by atoms with Crippen LogP contribution in [0.3, 0.4) is 0 Å². The molecule has 0 aliphatic heterocycles. The van der Waals surface area contributed by atoms with Crippen molar-refractivity contribution in [3.8, 4) is 17.1 Å². The zero-order chi connectivity index (χ0) is 24.3. The van der Waals surface area contributed by atoms with Crippen LogP contribution in [0, 0.1) is 13.8 Å². The number of carbonyl (C=O) groups is 1. The number of rotatable bonds is 6. The third-order valence-electron chi connectivity index (χ3n) is 5.57. The van der Waals surface area contributed by atoms with E-state index >= 15 is 0 Å². The number of nitrogens with one attached hydrogen (secondary N) is 1. The number of carbonyl (C=O) groups excluding carboxylic acids is 1. The Hall–Kier alpha value is -3.38. The first-order valence-corrected chi connectivity index (χ1v) is 12.3. The van der Waals surface area contributed by atoms with Crippen molar-refractivity contribution in [2.24, 2.45) is 0 Å². The predicted octanol–water partition coefficient (Wildman–Crippen LogP) is 6.58. The summed E-state index contributed by atoms with van der Waals surface area (Å²) in [5.74, 6) is 0.914. The molecule has 4 aromatic rings. The Balaban J connectivity index is 1.62. The molecule has 174 valence electrons. The average molecular weight is 471 g/mol. The standard InChI is InChI=1S/C28H30N4OS/c1-19-9-15-24(16-10-19)32-26(21-11-13-22(14-12-21)28(3,4)5)30-31-27(32)34-18-25(33)29-23-8-6-7-20(2)17-23/h6-17H,18H2,1-5H3,(H,29,33). The zero-order valence-corrected chi connectivity index (χ0v) is 21.1. The minimum Gasteiger partial charge on any atom is -0.325 e. The molecule has 0 saturated heterocycles. The van der Waals surface area contributed by atoms with Crippen LogP contribution in [0.25, 0.3) is 17.1 Å². The highest BCUT2D eigenvalue weighted by atomic mass is 32.2. The summed E-state index contributed by atoms with van der Waals surface area (Å²) in [5, 5.41) is 12.6. The Morgan fingerprint density at radius 1 is 0.912 bits per heavy atom. The van der Waals surface area contributed by atoms with Crippen molar-refractivity contribution in [2.75, 3.05) is 11.1 Å². The van der Waals surface area contributed by atoms with Crippen LogP contribution < -0.4 is 5.32 Å². The number of hydrogen-bond acceptors (Lipinski definition) is 4. The molecule has 0 unspecified atom stereocenters. The van der Waals surface area contributed by atoms with Crippen molar-refractivity contribution < 1.29 is 4.79 Å². The Bertz CT molecular complexity index is 1290. The maximum Gasteiger partial charge on any atom is 0.234 e. The van der Waals surface area contributed by atoms with E-state index in [1.54, 1.807) is 0 Å². The molecule has 3 aromatic carbocycles. The number of aromatic nitrogens is 3. The molecule has 5 nitrogen and oxygen atoms in total. The van der Waals surface area contributed by atoms with Crippen molar-refractivity contribution in [1.29, 1.82) is 0 Å². The summed E-state index contributed by atoms with van der Waals surface area (Å²) in [4.78, 5) is 12.6. The van der Waals surface area contributed by atoms with E-state index in [9.17, 15) is 4.79 Å². The van der Waals surface area contributed by atoms with Crippen molar-refractivity contribution in [2.45, 2.75) is 45.2 Å². The largest absolute Gasteiger partial charge is 0.325 e. The topological polar surface area (TPSA) is 59.8 Å². The normalized spacial score (nSPS) is 11.4. The number of aryl methyl sites for hydroxylation is 2. The first kappa shape index (κ1) is 23.8. The van der Waals surface area contributed by atoms with Gasteiger partial charge in [0.2, 0.25) is 5.91 Å². The van der Waals surface area contributed by atoms with Gasteiger partial charge in [0.05, 0.1) is 5.75 Å². The Morgan fingerprint density at radius 2 is 1.62 bits per heavy atom. The van der Waals surface area contributed by atoms with E-state index in [1.165, 1.54) is 22.9 Å². The van der Waals surface area contributed by atoms with Gasteiger partial charge in [-0.2, -0.15) is 0 Å². The van der Waals surface area contributed by atoms with Crippen molar-refractivity contribution in [3.63, 3.8) is 0 Å². The number of amides is 1. The van der Waals surface area contributed by atoms with E-state index in [0.717, 1.165) is 28.3 Å². The second-order valence-electron chi connectivity index (χ2n) is 9.51. The molecule has 1 N–H and O–H groups in total. The molecule has 1 heterocycles. The van der Waals surface area contributed by atoms with Crippen LogP contribution in [0.5, 0.6) is 0 Å². The molecular formula is C28H30N4OS. The lowest BCUT2D eigenvalue weighted by Crippen LogP contribution is -2.14. The maximum atomic E-state index is 12.6. The van der Waals surface area contributed by atoms with E-state index in [1.807, 2.05) is 35.8 Å². The highest BCUT2D eigenvalue weighted by Gasteiger charge is 2.19. The van der Waals surface area contributed by atoms with Gasteiger partial charge in [-0.05, 0) is 54.7 Å². The number of anilines is 1. The van der Waals surface area contributed by atoms with Crippen molar-refractivity contribution in [1.82, 2.24) is 14.8 Å². The van der Waals surface area contributed by atoms with E-state index in [-0.39, 0.29) is 17.1 Å². The van der Waals surface area contributed by atoms with Gasteiger partial charge in [-0.1, -0.05) is 86.6 Å². The maximum absolute atomic E-state index is 12.6. The van der Waals surface area contributed by atoms with Crippen LogP contribution in [-0.2, 0) is 10.2 Å². The van der Waals surface area contributed by atoms with Gasteiger partial charge >= 0.3 is 0 Å². The van der Waals surface area contributed by atoms with Crippen LogP contribution in [0.1, 0.15) is 37.5 Å². The lowest BCUT2D eigenvalue weighted by atomic mass is 9.87. The van der Waals surface area contributed by atoms with Gasteiger partial charge in [0.15, 0.2) is 11.0 Å². The van der Waals surface area contributed by atoms with E-state index in [4.69, 9.17) is 0 Å². The van der Waals surface area contributed by atoms with Gasteiger partial charge in [-0.3, -0.25) is 9.36 Å². The monoisotopic (exact) mass is 470 g/mol. The molecule has 6 heteroatoms. The van der Waals surface area contributed by atoms with Crippen LogP contribution in [-0.4, -0.2) is 26.4 Å². The second kappa shape index (κ2) is 9.85. The van der Waals surface area contributed by atoms with E-state index in [2.05, 4.69) is 91.7 Å². The summed E-state index contributed by atoms with van der Waals surface area (Å²) >= 11 is 1.38. The Kier molecular flexibility index (Phi) is 6.89. The third kappa shape index (κ3) is 5.57. The van der Waals surface area contributed by atoms with Crippen LogP contribution >= 0.6 is 11.8 Å². The lowest BCUT2D eigenvalue weighted by molar-refractivity contribution is -0.113. The molecule has 0 spiro atoms. The zero-order valence-electron chi connectivity index (χ0n) is 20.3. The highest BCUT2D eigenvalue weighted by molar-refractivity contribution is 7.99. The molecule has 1 aromatic heterocycles. The molecule has 4 rings (SSSR count). The number of benzene rings is 3. The van der Waals surface area contributed by atoms with Gasteiger partial charge in [-0.15, -0.1) is 10.2 Å². The third-order valence-corrected chi connectivity index (χ3v) is 6.50. The molecule has 0 atom stereocenters. The minimum absolute atomic E-state index is 0.0782. The first-order valence-electron chi connectivity index (χ1n) is 11.3. The van der Waals surface area contributed by atoms with Crippen LogP contribution in [0.4, 0.5) is 5.69 Å². The van der Waals surface area contributed by atoms with Gasteiger partial charge in [0.25, 0.3) is 0 Å². The van der Waals surface area contributed by atoms with E-state index in [0.29, 0.717) is 5.16 Å². The predicted molar refractivity (Wildman–Crippen MR) is 141 cm³/mol. The molecular weight excluding hydrogens is 440 g/mol. The summed E-state index contributed by atoms with van der Waals surface area (Å²) in [7, 11) is 0. The fourth-order valence-electron chi connectivity index (χ4n) is 3.65. The fourth-order valence-corrected chi connectivity index (χ4v) is 4.40. The summed E-state index contributed by atoms with van der Waals surface area (Å²) < 4.78 is 2.02. The summed E-state index contributed by atoms with van der Waals surface area (Å²) in [6, 6.07) is 24.5. The van der Waals surface area contributed by atoms with Crippen molar-refractivity contribution in [3.05, 3.63) is 89.5 Å². The highest BCUT2D eigenvalue weighted by Crippen LogP contribution is 2.30. The summed E-state index contributed by atoms with van der Waals surface area (Å²) in [5.41, 5.74) is 6.37. The van der Waals surface area contributed by atoms with Gasteiger partial charge in [-0.25, -0.2) is 0 Å².